The molecule has 27 heavy (non-hydrogen) atoms. The van der Waals surface area contributed by atoms with E-state index in [-0.39, 0.29) is 11.7 Å². The molecule has 1 heterocycles. The van der Waals surface area contributed by atoms with Gasteiger partial charge in [-0.3, -0.25) is 4.79 Å². The molecule has 3 rings (SSSR count). The van der Waals surface area contributed by atoms with Gasteiger partial charge in [-0.15, -0.1) is 10.2 Å². The average molecular weight is 402 g/mol. The van der Waals surface area contributed by atoms with Gasteiger partial charge in [-0.05, 0) is 48.5 Å². The highest BCUT2D eigenvalue weighted by molar-refractivity contribution is 7.99. The van der Waals surface area contributed by atoms with Crippen LogP contribution in [0.2, 0.25) is 5.02 Å². The molecule has 0 spiro atoms. The number of hydrogen-bond donors (Lipinski definition) is 1. The zero-order chi connectivity index (χ0) is 19.4. The summed E-state index contributed by atoms with van der Waals surface area (Å²) in [5, 5.41) is 12.6. The Morgan fingerprint density at radius 3 is 2.41 bits per heavy atom. The van der Waals surface area contributed by atoms with Crippen LogP contribution >= 0.6 is 23.4 Å². The number of hydrogen-bond acceptors (Lipinski definition) is 5. The van der Waals surface area contributed by atoms with E-state index in [4.69, 9.17) is 11.6 Å². The van der Waals surface area contributed by atoms with Gasteiger partial charge in [0.2, 0.25) is 5.91 Å². The normalized spacial score (nSPS) is 10.7. The van der Waals surface area contributed by atoms with Crippen LogP contribution in [0.1, 0.15) is 0 Å². The molecular formula is C19H20ClN5OS. The smallest absolute Gasteiger partial charge is 0.234 e. The van der Waals surface area contributed by atoms with E-state index in [1.54, 1.807) is 0 Å². The van der Waals surface area contributed by atoms with Crippen molar-refractivity contribution in [2.75, 3.05) is 30.1 Å². The van der Waals surface area contributed by atoms with Crippen LogP contribution in [0.5, 0.6) is 0 Å². The Morgan fingerprint density at radius 1 is 1.11 bits per heavy atom. The Bertz CT molecular complexity index is 922. The van der Waals surface area contributed by atoms with Crippen LogP contribution in [0.15, 0.2) is 53.7 Å². The number of aromatic nitrogens is 3. The topological polar surface area (TPSA) is 63.1 Å². The number of carbonyl (C=O) groups excluding carboxylic acids is 1. The van der Waals surface area contributed by atoms with Crippen molar-refractivity contribution in [3.63, 3.8) is 0 Å². The molecule has 0 aliphatic rings. The van der Waals surface area contributed by atoms with Gasteiger partial charge in [-0.1, -0.05) is 23.4 Å². The summed E-state index contributed by atoms with van der Waals surface area (Å²) in [5.41, 5.74) is 2.77. The summed E-state index contributed by atoms with van der Waals surface area (Å²) in [7, 11) is 5.83. The molecule has 3 aromatic rings. The van der Waals surface area contributed by atoms with Gasteiger partial charge < -0.3 is 14.8 Å². The lowest BCUT2D eigenvalue weighted by atomic mass is 10.2. The van der Waals surface area contributed by atoms with Crippen LogP contribution in [-0.2, 0) is 11.8 Å². The number of benzene rings is 2. The molecule has 0 bridgehead atoms. The first-order chi connectivity index (χ1) is 12.9. The van der Waals surface area contributed by atoms with E-state index in [0.29, 0.717) is 10.2 Å². The van der Waals surface area contributed by atoms with Gasteiger partial charge in [0.15, 0.2) is 11.0 Å². The predicted octanol–water partition coefficient (Wildman–Crippen LogP) is 3.93. The zero-order valence-corrected chi connectivity index (χ0v) is 16.9. The van der Waals surface area contributed by atoms with Crippen molar-refractivity contribution >= 4 is 40.6 Å². The minimum atomic E-state index is -0.0892. The Balaban J connectivity index is 1.60. The zero-order valence-electron chi connectivity index (χ0n) is 15.3. The van der Waals surface area contributed by atoms with Gasteiger partial charge in [0.05, 0.1) is 5.75 Å². The van der Waals surface area contributed by atoms with Crippen molar-refractivity contribution in [2.24, 2.45) is 7.05 Å². The van der Waals surface area contributed by atoms with E-state index >= 15 is 0 Å². The summed E-state index contributed by atoms with van der Waals surface area (Å²) >= 11 is 7.27. The molecule has 0 fully saturated rings. The Morgan fingerprint density at radius 2 is 1.78 bits per heavy atom. The first kappa shape index (κ1) is 19.3. The lowest BCUT2D eigenvalue weighted by Crippen LogP contribution is -2.15. The molecule has 0 saturated carbocycles. The highest BCUT2D eigenvalue weighted by Gasteiger charge is 2.13. The Labute approximate surface area is 167 Å². The first-order valence-corrected chi connectivity index (χ1v) is 9.66. The molecule has 0 aliphatic carbocycles. The van der Waals surface area contributed by atoms with E-state index in [0.717, 1.165) is 22.8 Å². The molecule has 1 amide bonds. The minimum absolute atomic E-state index is 0.0892. The van der Waals surface area contributed by atoms with Crippen LogP contribution in [0.25, 0.3) is 11.4 Å². The van der Waals surface area contributed by atoms with Crippen molar-refractivity contribution in [1.82, 2.24) is 14.8 Å². The quantitative estimate of drug-likeness (QED) is 0.634. The standard InChI is InChI=1S/C19H20ClN5OS/c1-24(2)16-10-8-15(9-11-16)21-17(26)12-27-19-23-22-18(25(19)3)13-4-6-14(20)7-5-13/h4-11H,12H2,1-3H3,(H,21,26). The number of nitrogens with zero attached hydrogens (tertiary/aromatic N) is 4. The maximum Gasteiger partial charge on any atom is 0.234 e. The summed E-state index contributed by atoms with van der Waals surface area (Å²) in [6.07, 6.45) is 0. The average Bonchev–Trinajstić information content (AvgIpc) is 3.02. The molecule has 1 aromatic heterocycles. The highest BCUT2D eigenvalue weighted by Crippen LogP contribution is 2.24. The number of amides is 1. The SMILES string of the molecule is CN(C)c1ccc(NC(=O)CSc2nnc(-c3ccc(Cl)cc3)n2C)cc1. The highest BCUT2D eigenvalue weighted by atomic mass is 35.5. The second-order valence-electron chi connectivity index (χ2n) is 6.15. The summed E-state index contributed by atoms with van der Waals surface area (Å²) in [6, 6.07) is 15.1. The fraction of sp³-hybridized carbons (Fsp3) is 0.211. The second-order valence-corrected chi connectivity index (χ2v) is 7.53. The third kappa shape index (κ3) is 4.81. The molecule has 6 nitrogen and oxygen atoms in total. The van der Waals surface area contributed by atoms with Gasteiger partial charge in [0.25, 0.3) is 0 Å². The third-order valence-electron chi connectivity index (χ3n) is 3.94. The maximum absolute atomic E-state index is 12.2. The van der Waals surface area contributed by atoms with E-state index in [1.807, 2.05) is 79.1 Å². The number of nitrogens with one attached hydrogen (secondary N) is 1. The Hall–Kier alpha value is -2.51. The van der Waals surface area contributed by atoms with Crippen LogP contribution < -0.4 is 10.2 Å². The summed E-state index contributed by atoms with van der Waals surface area (Å²) < 4.78 is 1.87. The lowest BCUT2D eigenvalue weighted by Gasteiger charge is -2.13. The fourth-order valence-electron chi connectivity index (χ4n) is 2.46. The van der Waals surface area contributed by atoms with Crippen LogP contribution in [0.4, 0.5) is 11.4 Å². The predicted molar refractivity (Wildman–Crippen MR) is 112 cm³/mol. The van der Waals surface area contributed by atoms with Gasteiger partial charge in [-0.25, -0.2) is 0 Å². The molecule has 0 saturated heterocycles. The monoisotopic (exact) mass is 401 g/mol. The van der Waals surface area contributed by atoms with E-state index in [9.17, 15) is 4.79 Å². The van der Waals surface area contributed by atoms with E-state index in [1.165, 1.54) is 11.8 Å². The molecular weight excluding hydrogens is 382 g/mol. The molecule has 1 N–H and O–H groups in total. The Kier molecular flexibility index (Phi) is 6.03. The summed E-state index contributed by atoms with van der Waals surface area (Å²) in [4.78, 5) is 14.2. The van der Waals surface area contributed by atoms with Crippen molar-refractivity contribution in [3.05, 3.63) is 53.6 Å². The van der Waals surface area contributed by atoms with Gasteiger partial charge in [0.1, 0.15) is 0 Å². The third-order valence-corrected chi connectivity index (χ3v) is 5.21. The van der Waals surface area contributed by atoms with E-state index in [2.05, 4.69) is 15.5 Å². The second kappa shape index (κ2) is 8.45. The van der Waals surface area contributed by atoms with Gasteiger partial charge in [-0.2, -0.15) is 0 Å². The van der Waals surface area contributed by atoms with Crippen molar-refractivity contribution < 1.29 is 4.79 Å². The van der Waals surface area contributed by atoms with Crippen molar-refractivity contribution in [3.8, 4) is 11.4 Å². The van der Waals surface area contributed by atoms with Gasteiger partial charge >= 0.3 is 0 Å². The van der Waals surface area contributed by atoms with Crippen molar-refractivity contribution in [1.29, 1.82) is 0 Å². The van der Waals surface area contributed by atoms with Crippen molar-refractivity contribution in [2.45, 2.75) is 5.16 Å². The number of thioether (sulfide) groups is 1. The number of carbonyl (C=O) groups is 1. The van der Waals surface area contributed by atoms with Crippen LogP contribution in [-0.4, -0.2) is 40.5 Å². The first-order valence-electron chi connectivity index (χ1n) is 8.29. The fourth-order valence-corrected chi connectivity index (χ4v) is 3.30. The molecule has 140 valence electrons. The minimum Gasteiger partial charge on any atom is -0.378 e. The summed E-state index contributed by atoms with van der Waals surface area (Å²) in [5.74, 6) is 0.893. The molecule has 8 heteroatoms. The molecule has 0 aliphatic heterocycles. The lowest BCUT2D eigenvalue weighted by molar-refractivity contribution is -0.113. The van der Waals surface area contributed by atoms with Crippen LogP contribution in [0.3, 0.4) is 0 Å². The largest absolute Gasteiger partial charge is 0.378 e. The van der Waals surface area contributed by atoms with E-state index < -0.39 is 0 Å². The molecule has 2 aromatic carbocycles. The molecule has 0 radical (unpaired) electrons. The number of rotatable bonds is 6. The maximum atomic E-state index is 12.2. The number of halogens is 1. The molecule has 0 unspecified atom stereocenters. The number of anilines is 2. The molecule has 0 atom stereocenters. The summed E-state index contributed by atoms with van der Waals surface area (Å²) in [6.45, 7) is 0. The van der Waals surface area contributed by atoms with Crippen LogP contribution in [0, 0.1) is 0 Å². The van der Waals surface area contributed by atoms with Gasteiger partial charge in [0, 0.05) is 43.1 Å².